The smallest absolute Gasteiger partial charge is 0.152 e. The highest BCUT2D eigenvalue weighted by atomic mass is 16.1. The molecule has 0 aliphatic rings. The van der Waals surface area contributed by atoms with Gasteiger partial charge in [0.2, 0.25) is 0 Å². The van der Waals surface area contributed by atoms with Crippen LogP contribution in [0.15, 0.2) is 18.2 Å². The Hall–Kier alpha value is -1.90. The molecule has 2 rings (SSSR count). The molecule has 0 aromatic carbocycles. The van der Waals surface area contributed by atoms with Gasteiger partial charge in [0.05, 0.1) is 0 Å². The molecule has 0 saturated carbocycles. The molecule has 18 heavy (non-hydrogen) atoms. The fourth-order valence-corrected chi connectivity index (χ4v) is 2.52. The van der Waals surface area contributed by atoms with Crippen LogP contribution in [0.5, 0.6) is 0 Å². The lowest BCUT2D eigenvalue weighted by atomic mass is 10.1. The third kappa shape index (κ3) is 1.86. The third-order valence-electron chi connectivity index (χ3n) is 3.40. The summed E-state index contributed by atoms with van der Waals surface area (Å²) in [5, 5.41) is 0. The van der Waals surface area contributed by atoms with Crippen LogP contribution in [0.3, 0.4) is 0 Å². The number of carbonyl (C=O) groups excluding carboxylic acids is 1. The summed E-state index contributed by atoms with van der Waals surface area (Å²) in [5.74, 6) is 0.882. The summed E-state index contributed by atoms with van der Waals surface area (Å²) in [6.07, 6.45) is 1.81. The Balaban J connectivity index is 2.72. The first kappa shape index (κ1) is 12.6. The van der Waals surface area contributed by atoms with Crippen molar-refractivity contribution in [1.82, 2.24) is 9.55 Å². The molecule has 2 aromatic rings. The highest BCUT2D eigenvalue weighted by molar-refractivity contribution is 5.80. The molecule has 0 saturated heterocycles. The van der Waals surface area contributed by atoms with Gasteiger partial charge in [-0.1, -0.05) is 13.0 Å². The van der Waals surface area contributed by atoms with Crippen molar-refractivity contribution in [2.45, 2.75) is 34.1 Å². The van der Waals surface area contributed by atoms with Crippen LogP contribution in [-0.4, -0.2) is 15.8 Å². The lowest BCUT2D eigenvalue weighted by Gasteiger charge is -2.09. The lowest BCUT2D eigenvalue weighted by Crippen LogP contribution is -2.03. The van der Waals surface area contributed by atoms with Gasteiger partial charge < -0.3 is 4.57 Å². The minimum Gasteiger partial charge on any atom is -0.302 e. The largest absolute Gasteiger partial charge is 0.302 e. The minimum absolute atomic E-state index is 0.804. The summed E-state index contributed by atoms with van der Waals surface area (Å²) in [6, 6.07) is 5.93. The summed E-state index contributed by atoms with van der Waals surface area (Å²) in [7, 11) is 0. The number of aromatic nitrogens is 2. The molecule has 0 fully saturated rings. The molecule has 3 heteroatoms. The van der Waals surface area contributed by atoms with Crippen molar-refractivity contribution in [3.63, 3.8) is 0 Å². The number of carbonyl (C=O) groups is 1. The molecule has 0 aliphatic heterocycles. The van der Waals surface area contributed by atoms with Crippen molar-refractivity contribution in [3.8, 4) is 5.82 Å². The van der Waals surface area contributed by atoms with Crippen molar-refractivity contribution >= 4 is 6.29 Å². The van der Waals surface area contributed by atoms with E-state index in [0.717, 1.165) is 46.7 Å². The van der Waals surface area contributed by atoms with Gasteiger partial charge in [-0.2, -0.15) is 0 Å². The highest BCUT2D eigenvalue weighted by Crippen LogP contribution is 2.24. The first-order chi connectivity index (χ1) is 8.60. The molecule has 94 valence electrons. The first-order valence-corrected chi connectivity index (χ1v) is 6.20. The van der Waals surface area contributed by atoms with Crippen molar-refractivity contribution in [1.29, 1.82) is 0 Å². The Kier molecular flexibility index (Phi) is 3.32. The molecule has 2 aromatic heterocycles. The zero-order chi connectivity index (χ0) is 13.3. The Labute approximate surface area is 107 Å². The molecule has 0 N–H and O–H groups in total. The normalized spacial score (nSPS) is 10.7. The fourth-order valence-electron chi connectivity index (χ4n) is 2.52. The molecular formula is C15H18N2O. The first-order valence-electron chi connectivity index (χ1n) is 6.20. The van der Waals surface area contributed by atoms with Crippen LogP contribution in [-0.2, 0) is 6.42 Å². The van der Waals surface area contributed by atoms with E-state index < -0.39 is 0 Å². The van der Waals surface area contributed by atoms with E-state index in [4.69, 9.17) is 0 Å². The fraction of sp³-hybridized carbons (Fsp3) is 0.333. The lowest BCUT2D eigenvalue weighted by molar-refractivity contribution is 0.112. The maximum atomic E-state index is 11.2. The SMILES string of the molecule is CCc1c(C=O)c(C)n(-c2cccc(C)n2)c1C. The van der Waals surface area contributed by atoms with Crippen LogP contribution >= 0.6 is 0 Å². The molecule has 0 atom stereocenters. The second kappa shape index (κ2) is 4.77. The molecular weight excluding hydrogens is 224 g/mol. The molecule has 0 radical (unpaired) electrons. The standard InChI is InChI=1S/C15H18N2O/c1-5-13-11(3)17(12(4)14(13)9-18)15-8-6-7-10(2)16-15/h6-9H,5H2,1-4H3. The topological polar surface area (TPSA) is 34.9 Å². The molecule has 3 nitrogen and oxygen atoms in total. The van der Waals surface area contributed by atoms with E-state index in [1.54, 1.807) is 0 Å². The highest BCUT2D eigenvalue weighted by Gasteiger charge is 2.17. The van der Waals surface area contributed by atoms with E-state index in [0.29, 0.717) is 0 Å². The molecule has 2 heterocycles. The van der Waals surface area contributed by atoms with Crippen molar-refractivity contribution in [3.05, 3.63) is 46.4 Å². The summed E-state index contributed by atoms with van der Waals surface area (Å²) >= 11 is 0. The van der Waals surface area contributed by atoms with Gasteiger partial charge in [0, 0.05) is 22.6 Å². The van der Waals surface area contributed by atoms with E-state index in [1.165, 1.54) is 0 Å². The zero-order valence-electron chi connectivity index (χ0n) is 11.3. The van der Waals surface area contributed by atoms with Crippen LogP contribution in [0.1, 0.15) is 39.9 Å². The number of hydrogen-bond acceptors (Lipinski definition) is 2. The van der Waals surface area contributed by atoms with Gasteiger partial charge in [-0.25, -0.2) is 4.98 Å². The number of aldehydes is 1. The third-order valence-corrected chi connectivity index (χ3v) is 3.40. The molecule has 0 unspecified atom stereocenters. The summed E-state index contributed by atoms with van der Waals surface area (Å²) in [6.45, 7) is 8.06. The number of hydrogen-bond donors (Lipinski definition) is 0. The number of pyridine rings is 1. The van der Waals surface area contributed by atoms with Crippen molar-refractivity contribution in [2.75, 3.05) is 0 Å². The van der Waals surface area contributed by atoms with E-state index in [-0.39, 0.29) is 0 Å². The van der Waals surface area contributed by atoms with Crippen LogP contribution in [0.2, 0.25) is 0 Å². The quantitative estimate of drug-likeness (QED) is 0.775. The Morgan fingerprint density at radius 1 is 1.22 bits per heavy atom. The van der Waals surface area contributed by atoms with Crippen molar-refractivity contribution < 1.29 is 4.79 Å². The molecule has 0 spiro atoms. The predicted molar refractivity (Wildman–Crippen MR) is 72.5 cm³/mol. The predicted octanol–water partition coefficient (Wildman–Crippen LogP) is 3.17. The van der Waals surface area contributed by atoms with E-state index in [9.17, 15) is 4.79 Å². The Bertz CT molecular complexity index is 597. The van der Waals surface area contributed by atoms with Gasteiger partial charge in [0.25, 0.3) is 0 Å². The molecule has 0 bridgehead atoms. The van der Waals surface area contributed by atoms with Gasteiger partial charge >= 0.3 is 0 Å². The second-order valence-electron chi connectivity index (χ2n) is 4.51. The zero-order valence-corrected chi connectivity index (χ0v) is 11.3. The summed E-state index contributed by atoms with van der Waals surface area (Å²) in [4.78, 5) is 15.8. The van der Waals surface area contributed by atoms with Crippen LogP contribution in [0, 0.1) is 20.8 Å². The van der Waals surface area contributed by atoms with E-state index in [2.05, 4.69) is 16.5 Å². The Morgan fingerprint density at radius 2 is 1.94 bits per heavy atom. The van der Waals surface area contributed by atoms with Crippen LogP contribution in [0.25, 0.3) is 5.82 Å². The number of aryl methyl sites for hydroxylation is 1. The van der Waals surface area contributed by atoms with E-state index in [1.807, 2.05) is 39.0 Å². The van der Waals surface area contributed by atoms with Gasteiger partial charge in [0.1, 0.15) is 5.82 Å². The van der Waals surface area contributed by atoms with Gasteiger partial charge in [-0.05, 0) is 44.9 Å². The molecule has 0 aliphatic carbocycles. The van der Waals surface area contributed by atoms with Gasteiger partial charge in [-0.3, -0.25) is 4.79 Å². The number of rotatable bonds is 3. The molecule has 0 amide bonds. The van der Waals surface area contributed by atoms with Gasteiger partial charge in [-0.15, -0.1) is 0 Å². The van der Waals surface area contributed by atoms with E-state index >= 15 is 0 Å². The minimum atomic E-state index is 0.804. The maximum absolute atomic E-state index is 11.2. The monoisotopic (exact) mass is 242 g/mol. The van der Waals surface area contributed by atoms with Gasteiger partial charge in [0.15, 0.2) is 6.29 Å². The van der Waals surface area contributed by atoms with Crippen LogP contribution < -0.4 is 0 Å². The average molecular weight is 242 g/mol. The Morgan fingerprint density at radius 3 is 2.44 bits per heavy atom. The summed E-state index contributed by atoms with van der Waals surface area (Å²) < 4.78 is 2.07. The average Bonchev–Trinajstić information content (AvgIpc) is 2.59. The van der Waals surface area contributed by atoms with Crippen molar-refractivity contribution in [2.24, 2.45) is 0 Å². The number of nitrogens with zero attached hydrogens (tertiary/aromatic N) is 2. The maximum Gasteiger partial charge on any atom is 0.152 e. The summed E-state index contributed by atoms with van der Waals surface area (Å²) in [5.41, 5.74) is 4.97. The van der Waals surface area contributed by atoms with Crippen LogP contribution in [0.4, 0.5) is 0 Å². The second-order valence-corrected chi connectivity index (χ2v) is 4.51.